The molecule has 0 aliphatic carbocycles. The highest BCUT2D eigenvalue weighted by Crippen LogP contribution is 2.48. The second-order valence-corrected chi connectivity index (χ2v) is 7.28. The van der Waals surface area contributed by atoms with Gasteiger partial charge in [-0.3, -0.25) is 14.8 Å². The third-order valence-corrected chi connectivity index (χ3v) is 5.54. The average Bonchev–Trinajstić information content (AvgIpc) is 3.00. The topological polar surface area (TPSA) is 80.8 Å². The van der Waals surface area contributed by atoms with Crippen molar-refractivity contribution in [1.29, 1.82) is 0 Å². The summed E-state index contributed by atoms with van der Waals surface area (Å²) in [6.07, 6.45) is 0. The maximum Gasteiger partial charge on any atom is 0.264 e. The lowest BCUT2D eigenvalue weighted by Gasteiger charge is -2.27. The van der Waals surface area contributed by atoms with Crippen molar-refractivity contribution in [3.05, 3.63) is 53.3 Å². The van der Waals surface area contributed by atoms with Crippen molar-refractivity contribution in [2.45, 2.75) is 18.2 Å². The Morgan fingerprint density at radius 1 is 1.32 bits per heavy atom. The van der Waals surface area contributed by atoms with Crippen LogP contribution in [0.1, 0.15) is 28.2 Å². The van der Waals surface area contributed by atoms with Crippen LogP contribution < -0.4 is 15.4 Å². The van der Waals surface area contributed by atoms with Gasteiger partial charge in [0.1, 0.15) is 11.8 Å². The van der Waals surface area contributed by atoms with Crippen molar-refractivity contribution in [1.82, 2.24) is 4.98 Å². The van der Waals surface area contributed by atoms with Crippen LogP contribution in [-0.4, -0.2) is 29.7 Å². The van der Waals surface area contributed by atoms with Crippen molar-refractivity contribution < 1.29 is 9.53 Å². The van der Waals surface area contributed by atoms with Crippen molar-refractivity contribution in [3.8, 4) is 5.75 Å². The number of ether oxygens (including phenoxy) is 1. The molecule has 2 aromatic rings. The molecule has 4 rings (SSSR count). The molecule has 2 unspecified atom stereocenters. The number of carbonyl (C=O) groups excluding carboxylic acids is 1. The molecule has 2 atom stereocenters. The van der Waals surface area contributed by atoms with Gasteiger partial charge in [-0.1, -0.05) is 23.9 Å². The lowest BCUT2D eigenvalue weighted by molar-refractivity contribution is -0.120. The quantitative estimate of drug-likeness (QED) is 0.896. The number of nitrogens with zero attached hydrogens (tertiary/aromatic N) is 3. The molecule has 0 radical (unpaired) electrons. The molecule has 6 nitrogen and oxygen atoms in total. The number of aliphatic imine (C=N–C) groups is 1. The van der Waals surface area contributed by atoms with Crippen LogP contribution in [0.3, 0.4) is 0 Å². The number of hydrogen-bond donors (Lipinski definition) is 1. The first-order chi connectivity index (χ1) is 12.0. The maximum absolute atomic E-state index is 11.9. The van der Waals surface area contributed by atoms with Gasteiger partial charge >= 0.3 is 0 Å². The molecule has 0 saturated heterocycles. The molecule has 3 heterocycles. The fourth-order valence-electron chi connectivity index (χ4n) is 3.10. The summed E-state index contributed by atoms with van der Waals surface area (Å²) in [7, 11) is 1.76. The summed E-state index contributed by atoms with van der Waals surface area (Å²) in [6.45, 7) is 2.04. The van der Waals surface area contributed by atoms with Gasteiger partial charge in [-0.25, -0.2) is 0 Å². The monoisotopic (exact) mass is 354 g/mol. The van der Waals surface area contributed by atoms with Crippen molar-refractivity contribution >= 4 is 28.5 Å². The van der Waals surface area contributed by atoms with E-state index in [1.807, 2.05) is 43.3 Å². The second kappa shape index (κ2) is 6.07. The van der Waals surface area contributed by atoms with Gasteiger partial charge in [0.25, 0.3) is 5.91 Å². The number of amides is 1. The largest absolute Gasteiger partial charge is 0.482 e. The highest BCUT2D eigenvalue weighted by atomic mass is 32.2. The minimum absolute atomic E-state index is 0.0185. The molecule has 0 fully saturated rings. The molecule has 0 saturated carbocycles. The van der Waals surface area contributed by atoms with Crippen LogP contribution in [0.4, 0.5) is 5.69 Å². The van der Waals surface area contributed by atoms with E-state index in [4.69, 9.17) is 10.5 Å². The highest BCUT2D eigenvalue weighted by Gasteiger charge is 2.34. The zero-order chi connectivity index (χ0) is 17.6. The molecule has 2 N–H and O–H groups in total. The molecular formula is C18H18N4O2S. The summed E-state index contributed by atoms with van der Waals surface area (Å²) in [5.41, 5.74) is 9.68. The first-order valence-corrected chi connectivity index (χ1v) is 8.87. The molecule has 2 aliphatic heterocycles. The molecule has 128 valence electrons. The normalized spacial score (nSPS) is 22.4. The predicted octanol–water partition coefficient (Wildman–Crippen LogP) is 2.59. The zero-order valence-electron chi connectivity index (χ0n) is 14.0. The van der Waals surface area contributed by atoms with Gasteiger partial charge in [0.05, 0.1) is 16.6 Å². The lowest BCUT2D eigenvalue weighted by atomic mass is 10.0. The number of aromatic nitrogens is 1. The van der Waals surface area contributed by atoms with Crippen molar-refractivity contribution in [3.63, 3.8) is 0 Å². The van der Waals surface area contributed by atoms with E-state index in [0.29, 0.717) is 10.9 Å². The van der Waals surface area contributed by atoms with Crippen LogP contribution in [0.25, 0.3) is 0 Å². The van der Waals surface area contributed by atoms with Crippen LogP contribution in [0.2, 0.25) is 0 Å². The molecule has 2 aliphatic rings. The SMILES string of the molecule is Cc1cccc(C2N=C(N)SC2c2ccc3c(c2)N(C)C(=O)CO3)n1. The van der Waals surface area contributed by atoms with Crippen LogP contribution in [0, 0.1) is 6.92 Å². The number of hydrogen-bond acceptors (Lipinski definition) is 6. The number of aryl methyl sites for hydroxylation is 1. The fourth-order valence-corrected chi connectivity index (χ4v) is 4.14. The Morgan fingerprint density at radius 3 is 2.96 bits per heavy atom. The van der Waals surface area contributed by atoms with Gasteiger partial charge in [-0.05, 0) is 36.8 Å². The fraction of sp³-hybridized carbons (Fsp3) is 0.278. The number of nitrogens with two attached hydrogens (primary N) is 1. The smallest absolute Gasteiger partial charge is 0.264 e. The van der Waals surface area contributed by atoms with E-state index in [0.717, 1.165) is 22.6 Å². The number of pyridine rings is 1. The Balaban J connectivity index is 1.73. The standard InChI is InChI=1S/C18H18N4O2S/c1-10-4-3-5-12(20-10)16-17(25-18(19)21-16)11-6-7-14-13(8-11)22(2)15(23)9-24-14/h3-8,16-17H,9H2,1-2H3,(H2,19,21). The minimum Gasteiger partial charge on any atom is -0.482 e. The van der Waals surface area contributed by atoms with Gasteiger partial charge in [0.2, 0.25) is 0 Å². The number of anilines is 1. The molecule has 25 heavy (non-hydrogen) atoms. The Morgan fingerprint density at radius 2 is 2.16 bits per heavy atom. The Labute approximate surface area is 150 Å². The number of carbonyl (C=O) groups is 1. The average molecular weight is 354 g/mol. The molecule has 1 amide bonds. The first kappa shape index (κ1) is 16.0. The molecule has 0 bridgehead atoms. The van der Waals surface area contributed by atoms with Gasteiger partial charge in [0, 0.05) is 12.7 Å². The number of fused-ring (bicyclic) bond motifs is 1. The van der Waals surface area contributed by atoms with Gasteiger partial charge in [0.15, 0.2) is 11.8 Å². The van der Waals surface area contributed by atoms with Crippen LogP contribution in [0.15, 0.2) is 41.4 Å². The number of benzene rings is 1. The van der Waals surface area contributed by atoms with Gasteiger partial charge in [-0.2, -0.15) is 0 Å². The Kier molecular flexibility index (Phi) is 3.88. The molecule has 1 aromatic carbocycles. The highest BCUT2D eigenvalue weighted by molar-refractivity contribution is 8.14. The van der Waals surface area contributed by atoms with Crippen molar-refractivity contribution in [2.75, 3.05) is 18.6 Å². The number of likely N-dealkylation sites (N-methyl/N-ethyl adjacent to an activating group) is 1. The minimum atomic E-state index is -0.145. The van der Waals surface area contributed by atoms with E-state index in [-0.39, 0.29) is 23.8 Å². The lowest BCUT2D eigenvalue weighted by Crippen LogP contribution is -2.35. The van der Waals surface area contributed by atoms with Gasteiger partial charge in [-0.15, -0.1) is 0 Å². The summed E-state index contributed by atoms with van der Waals surface area (Å²) in [6, 6.07) is 11.7. The van der Waals surface area contributed by atoms with E-state index in [9.17, 15) is 4.79 Å². The third kappa shape index (κ3) is 2.84. The Hall–Kier alpha value is -2.54. The Bertz CT molecular complexity index is 883. The third-order valence-electron chi connectivity index (χ3n) is 4.41. The van der Waals surface area contributed by atoms with E-state index in [1.54, 1.807) is 11.9 Å². The first-order valence-electron chi connectivity index (χ1n) is 8.00. The van der Waals surface area contributed by atoms with Crippen LogP contribution >= 0.6 is 11.8 Å². The molecule has 0 spiro atoms. The summed E-state index contributed by atoms with van der Waals surface area (Å²) in [5, 5.41) is 0.571. The summed E-state index contributed by atoms with van der Waals surface area (Å²) in [5.74, 6) is 0.657. The van der Waals surface area contributed by atoms with E-state index in [2.05, 4.69) is 9.98 Å². The van der Waals surface area contributed by atoms with Crippen molar-refractivity contribution in [2.24, 2.45) is 10.7 Å². The molecule has 7 heteroatoms. The number of rotatable bonds is 2. The van der Waals surface area contributed by atoms with Crippen LogP contribution in [0.5, 0.6) is 5.75 Å². The van der Waals surface area contributed by atoms with E-state index >= 15 is 0 Å². The summed E-state index contributed by atoms with van der Waals surface area (Å²) < 4.78 is 5.51. The zero-order valence-corrected chi connectivity index (χ0v) is 14.8. The summed E-state index contributed by atoms with van der Waals surface area (Å²) >= 11 is 1.52. The molecule has 1 aromatic heterocycles. The predicted molar refractivity (Wildman–Crippen MR) is 99.0 cm³/mol. The number of amidine groups is 1. The van der Waals surface area contributed by atoms with E-state index in [1.165, 1.54) is 11.8 Å². The molecular weight excluding hydrogens is 336 g/mol. The summed E-state index contributed by atoms with van der Waals surface area (Å²) in [4.78, 5) is 22.7. The van der Waals surface area contributed by atoms with E-state index < -0.39 is 0 Å². The van der Waals surface area contributed by atoms with Crippen LogP contribution in [-0.2, 0) is 4.79 Å². The maximum atomic E-state index is 11.9. The second-order valence-electron chi connectivity index (χ2n) is 6.12. The van der Waals surface area contributed by atoms with Gasteiger partial charge < -0.3 is 15.4 Å². The number of thioether (sulfide) groups is 1.